The maximum absolute atomic E-state index is 13.0. The molecule has 0 fully saturated rings. The SMILES string of the molecule is COc1ccc(-c2nn(-c3ccc(C)cc3)c(OC(C)=O)c2-c2ccc(NC(=O)c3ccc4c(c3)OCO4)cc2)c(OC)c1. The van der Waals surface area contributed by atoms with Gasteiger partial charge in [0.2, 0.25) is 12.7 Å². The zero-order valence-electron chi connectivity index (χ0n) is 24.5. The fraction of sp³-hybridized carbons (Fsp3) is 0.147. The van der Waals surface area contributed by atoms with Gasteiger partial charge in [0.25, 0.3) is 5.91 Å². The van der Waals surface area contributed by atoms with Gasteiger partial charge in [0.1, 0.15) is 17.2 Å². The number of carbonyl (C=O) groups is 2. The van der Waals surface area contributed by atoms with Crippen LogP contribution in [0.25, 0.3) is 28.1 Å². The van der Waals surface area contributed by atoms with Crippen LogP contribution in [0, 0.1) is 6.92 Å². The van der Waals surface area contributed by atoms with Crippen LogP contribution < -0.4 is 29.0 Å². The Morgan fingerprint density at radius 3 is 2.32 bits per heavy atom. The number of benzene rings is 4. The van der Waals surface area contributed by atoms with Crippen LogP contribution >= 0.6 is 0 Å². The van der Waals surface area contributed by atoms with Gasteiger partial charge in [0.15, 0.2) is 11.5 Å². The fourth-order valence-electron chi connectivity index (χ4n) is 4.90. The van der Waals surface area contributed by atoms with Crippen molar-refractivity contribution in [2.45, 2.75) is 13.8 Å². The lowest BCUT2D eigenvalue weighted by Crippen LogP contribution is -2.11. The maximum atomic E-state index is 13.0. The zero-order valence-corrected chi connectivity index (χ0v) is 24.5. The third kappa shape index (κ3) is 5.52. The van der Waals surface area contributed by atoms with E-state index in [1.165, 1.54) is 6.92 Å². The average Bonchev–Trinajstić information content (AvgIpc) is 3.65. The van der Waals surface area contributed by atoms with Gasteiger partial charge in [-0.15, -0.1) is 0 Å². The molecule has 6 rings (SSSR count). The van der Waals surface area contributed by atoms with Crippen molar-refractivity contribution in [3.05, 3.63) is 96.1 Å². The first-order valence-corrected chi connectivity index (χ1v) is 13.8. The molecule has 0 spiro atoms. The summed E-state index contributed by atoms with van der Waals surface area (Å²) in [5.74, 6) is 1.72. The van der Waals surface area contributed by atoms with Crippen molar-refractivity contribution >= 4 is 17.6 Å². The first kappa shape index (κ1) is 28.4. The summed E-state index contributed by atoms with van der Waals surface area (Å²) in [7, 11) is 3.15. The third-order valence-electron chi connectivity index (χ3n) is 7.09. The molecule has 1 aliphatic rings. The van der Waals surface area contributed by atoms with Crippen LogP contribution in [0.2, 0.25) is 0 Å². The van der Waals surface area contributed by atoms with E-state index < -0.39 is 5.97 Å². The van der Waals surface area contributed by atoms with Crippen LogP contribution in [-0.2, 0) is 4.79 Å². The Balaban J connectivity index is 1.44. The number of hydrogen-bond donors (Lipinski definition) is 1. The number of nitrogens with one attached hydrogen (secondary N) is 1. The molecular weight excluding hydrogens is 562 g/mol. The van der Waals surface area contributed by atoms with E-state index in [2.05, 4.69) is 5.32 Å². The minimum absolute atomic E-state index is 0.127. The molecule has 0 atom stereocenters. The number of aromatic nitrogens is 2. The van der Waals surface area contributed by atoms with E-state index in [0.717, 1.165) is 5.56 Å². The van der Waals surface area contributed by atoms with Crippen LogP contribution in [0.1, 0.15) is 22.8 Å². The fourth-order valence-corrected chi connectivity index (χ4v) is 4.90. The van der Waals surface area contributed by atoms with E-state index >= 15 is 0 Å². The highest BCUT2D eigenvalue weighted by atomic mass is 16.7. The van der Waals surface area contributed by atoms with Crippen LogP contribution in [-0.4, -0.2) is 42.7 Å². The van der Waals surface area contributed by atoms with Crippen molar-refractivity contribution in [2.75, 3.05) is 26.3 Å². The lowest BCUT2D eigenvalue weighted by Gasteiger charge is -2.12. The molecular formula is C34H29N3O7. The van der Waals surface area contributed by atoms with E-state index in [1.54, 1.807) is 55.3 Å². The van der Waals surface area contributed by atoms with E-state index in [1.807, 2.05) is 55.5 Å². The highest BCUT2D eigenvalue weighted by Gasteiger charge is 2.27. The Bertz CT molecular complexity index is 1860. The number of esters is 1. The van der Waals surface area contributed by atoms with Crippen LogP contribution in [0.5, 0.6) is 28.9 Å². The standard InChI is InChI=1S/C34H29N3O7/c1-20-5-12-25(13-6-20)37-34(44-21(2)38)31(32(36-37)27-15-14-26(40-3)18-29(27)41-4)22-7-10-24(11-8-22)35-33(39)23-9-16-28-30(17-23)43-19-42-28/h5-18H,19H2,1-4H3,(H,35,39). The number of rotatable bonds is 8. The summed E-state index contributed by atoms with van der Waals surface area (Å²) in [6.45, 7) is 3.46. The molecule has 10 nitrogen and oxygen atoms in total. The van der Waals surface area contributed by atoms with Crippen LogP contribution in [0.15, 0.2) is 84.9 Å². The highest BCUT2D eigenvalue weighted by Crippen LogP contribution is 2.44. The molecule has 0 aliphatic carbocycles. The van der Waals surface area contributed by atoms with Crippen molar-refractivity contribution in [1.29, 1.82) is 0 Å². The van der Waals surface area contributed by atoms with E-state index in [-0.39, 0.29) is 18.6 Å². The highest BCUT2D eigenvalue weighted by molar-refractivity contribution is 6.05. The van der Waals surface area contributed by atoms with Crippen molar-refractivity contribution in [3.63, 3.8) is 0 Å². The summed E-state index contributed by atoms with van der Waals surface area (Å²) in [6.07, 6.45) is 0. The number of methoxy groups -OCH3 is 2. The summed E-state index contributed by atoms with van der Waals surface area (Å²) in [5, 5.41) is 7.85. The lowest BCUT2D eigenvalue weighted by atomic mass is 10.00. The Labute approximate surface area is 253 Å². The van der Waals surface area contributed by atoms with Gasteiger partial charge in [-0.2, -0.15) is 9.78 Å². The first-order chi connectivity index (χ1) is 21.3. The molecule has 10 heteroatoms. The summed E-state index contributed by atoms with van der Waals surface area (Å²) in [5.41, 5.74) is 5.25. The normalized spacial score (nSPS) is 11.6. The molecule has 0 bridgehead atoms. The van der Waals surface area contributed by atoms with Gasteiger partial charge in [-0.25, -0.2) is 0 Å². The number of nitrogens with zero attached hydrogens (tertiary/aromatic N) is 2. The Hall–Kier alpha value is -5.77. The predicted molar refractivity (Wildman–Crippen MR) is 164 cm³/mol. The number of fused-ring (bicyclic) bond motifs is 1. The van der Waals surface area contributed by atoms with Gasteiger partial charge in [-0.05, 0) is 67.1 Å². The average molecular weight is 592 g/mol. The molecule has 1 N–H and O–H groups in total. The van der Waals surface area contributed by atoms with E-state index in [4.69, 9.17) is 28.8 Å². The predicted octanol–water partition coefficient (Wildman–Crippen LogP) is 6.44. The molecule has 0 radical (unpaired) electrons. The van der Waals surface area contributed by atoms with Crippen molar-refractivity contribution in [2.24, 2.45) is 0 Å². The zero-order chi connectivity index (χ0) is 30.8. The van der Waals surface area contributed by atoms with E-state index in [0.29, 0.717) is 62.3 Å². The number of amides is 1. The summed E-state index contributed by atoms with van der Waals surface area (Å²) in [6, 6.07) is 25.4. The molecule has 0 unspecified atom stereocenters. The number of hydrogen-bond acceptors (Lipinski definition) is 8. The summed E-state index contributed by atoms with van der Waals surface area (Å²) < 4.78 is 29.3. The molecule has 1 aromatic heterocycles. The van der Waals surface area contributed by atoms with E-state index in [9.17, 15) is 9.59 Å². The van der Waals surface area contributed by atoms with Crippen LogP contribution in [0.4, 0.5) is 5.69 Å². The van der Waals surface area contributed by atoms with Gasteiger partial charge in [0, 0.05) is 29.8 Å². The number of carbonyl (C=O) groups excluding carboxylic acids is 2. The topological polar surface area (TPSA) is 110 Å². The van der Waals surface area contributed by atoms with Crippen molar-refractivity contribution in [1.82, 2.24) is 9.78 Å². The number of aryl methyl sites for hydroxylation is 1. The monoisotopic (exact) mass is 591 g/mol. The quantitative estimate of drug-likeness (QED) is 0.205. The lowest BCUT2D eigenvalue weighted by molar-refractivity contribution is -0.132. The minimum atomic E-state index is -0.500. The van der Waals surface area contributed by atoms with Gasteiger partial charge in [0.05, 0.1) is 25.5 Å². The molecule has 222 valence electrons. The number of ether oxygens (including phenoxy) is 5. The second kappa shape index (κ2) is 11.8. The van der Waals surface area contributed by atoms with Crippen molar-refractivity contribution in [3.8, 4) is 56.9 Å². The van der Waals surface area contributed by atoms with Gasteiger partial charge < -0.3 is 29.0 Å². The Morgan fingerprint density at radius 1 is 0.864 bits per heavy atom. The Morgan fingerprint density at radius 2 is 1.61 bits per heavy atom. The van der Waals surface area contributed by atoms with Gasteiger partial charge in [-0.1, -0.05) is 29.8 Å². The molecule has 1 amide bonds. The molecule has 0 saturated carbocycles. The molecule has 1 aliphatic heterocycles. The first-order valence-electron chi connectivity index (χ1n) is 13.8. The van der Waals surface area contributed by atoms with Crippen molar-refractivity contribution < 1.29 is 33.3 Å². The molecule has 4 aromatic carbocycles. The summed E-state index contributed by atoms with van der Waals surface area (Å²) in [4.78, 5) is 25.4. The largest absolute Gasteiger partial charge is 0.497 e. The second-order valence-electron chi connectivity index (χ2n) is 10.0. The smallest absolute Gasteiger partial charge is 0.309 e. The molecule has 5 aromatic rings. The van der Waals surface area contributed by atoms with Crippen LogP contribution in [0.3, 0.4) is 0 Å². The summed E-state index contributed by atoms with van der Waals surface area (Å²) >= 11 is 0. The maximum Gasteiger partial charge on any atom is 0.309 e. The molecule has 0 saturated heterocycles. The van der Waals surface area contributed by atoms with Gasteiger partial charge in [-0.3, -0.25) is 9.59 Å². The third-order valence-corrected chi connectivity index (χ3v) is 7.09. The molecule has 2 heterocycles. The Kier molecular flexibility index (Phi) is 7.63. The molecule has 44 heavy (non-hydrogen) atoms. The second-order valence-corrected chi connectivity index (χ2v) is 10.0. The number of anilines is 1. The van der Waals surface area contributed by atoms with Gasteiger partial charge >= 0.3 is 5.97 Å². The minimum Gasteiger partial charge on any atom is -0.497 e.